The minimum absolute atomic E-state index is 0.221. The Morgan fingerprint density at radius 2 is 1.72 bits per heavy atom. The average Bonchev–Trinajstić information content (AvgIpc) is 2.79. The number of halogens is 1. The van der Waals surface area contributed by atoms with Gasteiger partial charge in [0.25, 0.3) is 5.91 Å². The number of benzene rings is 3. The van der Waals surface area contributed by atoms with E-state index in [1.54, 1.807) is 24.3 Å². The molecule has 1 aliphatic rings. The summed E-state index contributed by atoms with van der Waals surface area (Å²) in [6, 6.07) is 24.3. The smallest absolute Gasteiger partial charge is 0.255 e. The van der Waals surface area contributed by atoms with E-state index in [2.05, 4.69) is 16.0 Å². The van der Waals surface area contributed by atoms with Crippen LogP contribution in [0.15, 0.2) is 90.1 Å². The predicted octanol–water partition coefficient (Wildman–Crippen LogP) is 5.35. The van der Waals surface area contributed by atoms with Gasteiger partial charge in [-0.05, 0) is 66.7 Å². The summed E-state index contributed by atoms with van der Waals surface area (Å²) in [5, 5.41) is 10.3. The van der Waals surface area contributed by atoms with Crippen LogP contribution in [0.5, 0.6) is 5.75 Å². The molecule has 0 fully saturated rings. The van der Waals surface area contributed by atoms with Crippen molar-refractivity contribution in [2.45, 2.75) is 19.6 Å². The zero-order valence-corrected chi connectivity index (χ0v) is 19.0. The van der Waals surface area contributed by atoms with Gasteiger partial charge in [0.1, 0.15) is 12.4 Å². The molecular weight excluding hydrogens is 442 g/mol. The Balaban J connectivity index is 1.52. The van der Waals surface area contributed by atoms with Crippen LogP contribution in [0.4, 0.5) is 5.69 Å². The Morgan fingerprint density at radius 3 is 2.41 bits per heavy atom. The number of nitrogens with one attached hydrogen (secondary N) is 3. The van der Waals surface area contributed by atoms with Crippen LogP contribution >= 0.6 is 23.8 Å². The minimum atomic E-state index is -0.390. The molecule has 1 atom stereocenters. The second kappa shape index (κ2) is 9.85. The Labute approximate surface area is 197 Å². The fourth-order valence-corrected chi connectivity index (χ4v) is 3.87. The quantitative estimate of drug-likeness (QED) is 0.430. The number of carbonyl (C=O) groups is 1. The zero-order valence-electron chi connectivity index (χ0n) is 17.4. The van der Waals surface area contributed by atoms with Gasteiger partial charge in [-0.2, -0.15) is 0 Å². The van der Waals surface area contributed by atoms with Crippen LogP contribution in [0.1, 0.15) is 24.1 Å². The van der Waals surface area contributed by atoms with Crippen molar-refractivity contribution >= 4 is 40.5 Å². The molecule has 0 saturated heterocycles. The molecule has 0 radical (unpaired) electrons. The Bertz CT molecular complexity index is 1150. The van der Waals surface area contributed by atoms with E-state index in [0.29, 0.717) is 33.7 Å². The van der Waals surface area contributed by atoms with Gasteiger partial charge in [0.15, 0.2) is 5.11 Å². The van der Waals surface area contributed by atoms with Crippen LogP contribution in [-0.4, -0.2) is 11.0 Å². The summed E-state index contributed by atoms with van der Waals surface area (Å²) in [5.41, 5.74) is 3.93. The van der Waals surface area contributed by atoms with Gasteiger partial charge < -0.3 is 20.7 Å². The molecule has 0 aromatic heterocycles. The van der Waals surface area contributed by atoms with Gasteiger partial charge in [0, 0.05) is 16.4 Å². The third-order valence-electron chi connectivity index (χ3n) is 5.08. The number of thiocarbonyl (C=S) groups is 1. The molecular formula is C25H22ClN3O2S. The zero-order chi connectivity index (χ0) is 22.5. The van der Waals surface area contributed by atoms with Gasteiger partial charge in [-0.15, -0.1) is 0 Å². The summed E-state index contributed by atoms with van der Waals surface area (Å²) in [5.74, 6) is 0.531. The molecule has 5 nitrogen and oxygen atoms in total. The first-order valence-corrected chi connectivity index (χ1v) is 10.9. The van der Waals surface area contributed by atoms with E-state index in [1.807, 2.05) is 61.5 Å². The van der Waals surface area contributed by atoms with E-state index in [0.717, 1.165) is 16.9 Å². The molecule has 1 heterocycles. The molecule has 32 heavy (non-hydrogen) atoms. The number of allylic oxidation sites excluding steroid dienone is 1. The van der Waals surface area contributed by atoms with Gasteiger partial charge in [-0.25, -0.2) is 0 Å². The monoisotopic (exact) mass is 463 g/mol. The number of carbonyl (C=O) groups excluding carboxylic acids is 1. The highest BCUT2D eigenvalue weighted by atomic mass is 35.5. The Morgan fingerprint density at radius 1 is 1.03 bits per heavy atom. The molecule has 0 bridgehead atoms. The van der Waals surface area contributed by atoms with E-state index < -0.39 is 0 Å². The molecule has 1 unspecified atom stereocenters. The Hall–Kier alpha value is -3.35. The van der Waals surface area contributed by atoms with E-state index in [1.165, 1.54) is 0 Å². The summed E-state index contributed by atoms with van der Waals surface area (Å²) < 4.78 is 5.88. The Kier molecular flexibility index (Phi) is 6.73. The van der Waals surface area contributed by atoms with E-state index in [4.69, 9.17) is 28.6 Å². The fraction of sp³-hybridized carbons (Fsp3) is 0.120. The topological polar surface area (TPSA) is 62.4 Å². The SMILES string of the molecule is CC1=C(C(=O)Nc2ccc(Cl)cc2)C(c2ccc(OCc3ccccc3)cc2)NC(=S)N1. The molecule has 0 spiro atoms. The molecule has 162 valence electrons. The lowest BCUT2D eigenvalue weighted by Crippen LogP contribution is -2.45. The predicted molar refractivity (Wildman–Crippen MR) is 132 cm³/mol. The average molecular weight is 464 g/mol. The highest BCUT2D eigenvalue weighted by Gasteiger charge is 2.30. The summed E-state index contributed by atoms with van der Waals surface area (Å²) in [4.78, 5) is 13.1. The maximum absolute atomic E-state index is 13.1. The van der Waals surface area contributed by atoms with Crippen LogP contribution in [0.3, 0.4) is 0 Å². The van der Waals surface area contributed by atoms with Crippen LogP contribution in [0.2, 0.25) is 5.02 Å². The number of hydrogen-bond donors (Lipinski definition) is 3. The first kappa shape index (κ1) is 21.9. The van der Waals surface area contributed by atoms with Crippen molar-refractivity contribution < 1.29 is 9.53 Å². The summed E-state index contributed by atoms with van der Waals surface area (Å²) in [7, 11) is 0. The van der Waals surface area contributed by atoms with Crippen molar-refractivity contribution in [3.05, 3.63) is 106 Å². The lowest BCUT2D eigenvalue weighted by Gasteiger charge is -2.30. The number of amides is 1. The highest BCUT2D eigenvalue weighted by molar-refractivity contribution is 7.80. The second-order valence-corrected chi connectivity index (χ2v) is 8.22. The van der Waals surface area contributed by atoms with Gasteiger partial charge in [0.2, 0.25) is 0 Å². The van der Waals surface area contributed by atoms with Crippen LogP contribution in [0.25, 0.3) is 0 Å². The second-order valence-electron chi connectivity index (χ2n) is 7.37. The standard InChI is InChI=1S/C25H22ClN3O2S/c1-16-22(24(30)28-20-11-9-19(26)10-12-20)23(29-25(32)27-16)18-7-13-21(14-8-18)31-15-17-5-3-2-4-6-17/h2-14,23H,15H2,1H3,(H,28,30)(H2,27,29,32). The lowest BCUT2D eigenvalue weighted by atomic mass is 9.95. The first-order valence-electron chi connectivity index (χ1n) is 10.1. The van der Waals surface area contributed by atoms with E-state index in [-0.39, 0.29) is 11.9 Å². The molecule has 1 aliphatic heterocycles. The fourth-order valence-electron chi connectivity index (χ4n) is 3.47. The lowest BCUT2D eigenvalue weighted by molar-refractivity contribution is -0.113. The molecule has 3 aromatic rings. The summed E-state index contributed by atoms with van der Waals surface area (Å²) in [6.07, 6.45) is 0. The van der Waals surface area contributed by atoms with Crippen LogP contribution in [0, 0.1) is 0 Å². The van der Waals surface area contributed by atoms with Crippen LogP contribution in [-0.2, 0) is 11.4 Å². The molecule has 1 amide bonds. The molecule has 7 heteroatoms. The highest BCUT2D eigenvalue weighted by Crippen LogP contribution is 2.29. The van der Waals surface area contributed by atoms with Crippen molar-refractivity contribution in [3.63, 3.8) is 0 Å². The molecule has 4 rings (SSSR count). The molecule has 0 aliphatic carbocycles. The third kappa shape index (κ3) is 5.28. The molecule has 3 aromatic carbocycles. The van der Waals surface area contributed by atoms with Gasteiger partial charge in [-0.1, -0.05) is 54.1 Å². The molecule has 0 saturated carbocycles. The number of ether oxygens (including phenoxy) is 1. The first-order chi connectivity index (χ1) is 15.5. The summed E-state index contributed by atoms with van der Waals surface area (Å²) >= 11 is 11.3. The number of rotatable bonds is 6. The summed E-state index contributed by atoms with van der Waals surface area (Å²) in [6.45, 7) is 2.33. The van der Waals surface area contributed by atoms with Crippen molar-refractivity contribution in [1.29, 1.82) is 0 Å². The van der Waals surface area contributed by atoms with Crippen molar-refractivity contribution in [1.82, 2.24) is 10.6 Å². The van der Waals surface area contributed by atoms with Crippen molar-refractivity contribution in [2.75, 3.05) is 5.32 Å². The van der Waals surface area contributed by atoms with E-state index in [9.17, 15) is 4.79 Å². The minimum Gasteiger partial charge on any atom is -0.489 e. The third-order valence-corrected chi connectivity index (χ3v) is 5.55. The van der Waals surface area contributed by atoms with Crippen molar-refractivity contribution in [2.24, 2.45) is 0 Å². The van der Waals surface area contributed by atoms with Gasteiger partial charge in [-0.3, -0.25) is 4.79 Å². The largest absolute Gasteiger partial charge is 0.489 e. The normalized spacial score (nSPS) is 15.6. The number of hydrogen-bond acceptors (Lipinski definition) is 3. The van der Waals surface area contributed by atoms with Gasteiger partial charge in [0.05, 0.1) is 11.6 Å². The van der Waals surface area contributed by atoms with Crippen LogP contribution < -0.4 is 20.7 Å². The van der Waals surface area contributed by atoms with Gasteiger partial charge >= 0.3 is 0 Å². The van der Waals surface area contributed by atoms with Crippen molar-refractivity contribution in [3.8, 4) is 5.75 Å². The maximum Gasteiger partial charge on any atom is 0.255 e. The maximum atomic E-state index is 13.1. The molecule has 3 N–H and O–H groups in total. The number of anilines is 1. The van der Waals surface area contributed by atoms with E-state index >= 15 is 0 Å².